The molecule has 42 heavy (non-hydrogen) atoms. The largest absolute Gasteiger partial charge is 0.508 e. The lowest BCUT2D eigenvalue weighted by Gasteiger charge is -2.55. The summed E-state index contributed by atoms with van der Waals surface area (Å²) in [5.74, 6) is -3.94. The molecule has 1 heterocycles. The molecule has 7 rings (SSSR count). The third-order valence-corrected chi connectivity index (χ3v) is 9.76. The van der Waals surface area contributed by atoms with Gasteiger partial charge in [0.2, 0.25) is 11.8 Å². The molecular formula is C35H29NO6. The highest BCUT2D eigenvalue weighted by Gasteiger charge is 2.65. The topological polar surface area (TPSA) is 110 Å². The van der Waals surface area contributed by atoms with E-state index in [9.17, 15) is 24.3 Å². The van der Waals surface area contributed by atoms with E-state index >= 15 is 0 Å². The van der Waals surface area contributed by atoms with Gasteiger partial charge in [0, 0.05) is 23.0 Å². The number of rotatable bonds is 4. The van der Waals surface area contributed by atoms with Crippen LogP contribution in [0.25, 0.3) is 5.57 Å². The molecular weight excluding hydrogens is 530 g/mol. The van der Waals surface area contributed by atoms with Crippen LogP contribution in [0.5, 0.6) is 11.5 Å². The molecule has 3 aromatic rings. The van der Waals surface area contributed by atoms with Gasteiger partial charge in [0.1, 0.15) is 11.5 Å². The Labute approximate surface area is 242 Å². The number of hydrogen-bond donors (Lipinski definition) is 2. The lowest BCUT2D eigenvalue weighted by molar-refractivity contribution is -0.135. The van der Waals surface area contributed by atoms with E-state index in [-0.39, 0.29) is 35.6 Å². The van der Waals surface area contributed by atoms with E-state index in [1.807, 2.05) is 66.7 Å². The number of allylic oxidation sites excluding steroid dienone is 4. The Kier molecular flexibility index (Phi) is 6.01. The molecule has 6 atom stereocenters. The number of methoxy groups -OCH3 is 1. The Bertz CT molecular complexity index is 1710. The van der Waals surface area contributed by atoms with Crippen molar-refractivity contribution in [2.24, 2.45) is 23.7 Å². The van der Waals surface area contributed by atoms with E-state index in [4.69, 9.17) is 4.74 Å². The fourth-order valence-electron chi connectivity index (χ4n) is 8.02. The lowest BCUT2D eigenvalue weighted by atomic mass is 9.44. The predicted octanol–water partition coefficient (Wildman–Crippen LogP) is 4.51. The van der Waals surface area contributed by atoms with Gasteiger partial charge in [-0.05, 0) is 54.2 Å². The van der Waals surface area contributed by atoms with Gasteiger partial charge in [0.25, 0.3) is 0 Å². The minimum absolute atomic E-state index is 0.0384. The zero-order valence-corrected chi connectivity index (χ0v) is 22.9. The molecule has 1 saturated heterocycles. The van der Waals surface area contributed by atoms with E-state index in [0.29, 0.717) is 34.4 Å². The summed E-state index contributed by atoms with van der Waals surface area (Å²) in [5, 5.41) is 13.9. The summed E-state index contributed by atoms with van der Waals surface area (Å²) in [6.45, 7) is 0. The normalized spacial score (nSPS) is 30.0. The van der Waals surface area contributed by atoms with Crippen LogP contribution in [-0.4, -0.2) is 35.6 Å². The van der Waals surface area contributed by atoms with Gasteiger partial charge in [0.05, 0.1) is 24.4 Å². The number of nitrogens with one attached hydrogen (secondary N) is 1. The summed E-state index contributed by atoms with van der Waals surface area (Å²) < 4.78 is 5.53. The maximum atomic E-state index is 14.8. The van der Waals surface area contributed by atoms with Crippen molar-refractivity contribution in [1.29, 1.82) is 0 Å². The molecule has 0 radical (unpaired) electrons. The second-order valence-corrected chi connectivity index (χ2v) is 11.6. The number of carbonyl (C=O) groups is 4. The van der Waals surface area contributed by atoms with Crippen molar-refractivity contribution >= 4 is 29.0 Å². The van der Waals surface area contributed by atoms with Gasteiger partial charge in [-0.2, -0.15) is 0 Å². The van der Waals surface area contributed by atoms with Crippen molar-refractivity contribution in [2.75, 3.05) is 7.11 Å². The number of ether oxygens (including phenoxy) is 1. The highest BCUT2D eigenvalue weighted by molar-refractivity contribution is 6.31. The Morgan fingerprint density at radius 1 is 0.881 bits per heavy atom. The molecule has 0 bridgehead atoms. The quantitative estimate of drug-likeness (QED) is 0.360. The number of amides is 2. The van der Waals surface area contributed by atoms with E-state index in [2.05, 4.69) is 5.32 Å². The average Bonchev–Trinajstić information content (AvgIpc) is 3.32. The van der Waals surface area contributed by atoms with E-state index < -0.39 is 35.0 Å². The molecule has 0 unspecified atom stereocenters. The summed E-state index contributed by atoms with van der Waals surface area (Å²) in [7, 11) is 1.53. The van der Waals surface area contributed by atoms with Crippen LogP contribution < -0.4 is 10.1 Å². The molecule has 0 aromatic heterocycles. The molecule has 1 saturated carbocycles. The summed E-state index contributed by atoms with van der Waals surface area (Å²) in [6.07, 6.45) is 3.98. The second-order valence-electron chi connectivity index (χ2n) is 11.6. The van der Waals surface area contributed by atoms with Gasteiger partial charge in [-0.1, -0.05) is 72.3 Å². The zero-order valence-electron chi connectivity index (χ0n) is 22.9. The molecule has 2 fully saturated rings. The molecule has 210 valence electrons. The fraction of sp³-hybridized carbons (Fsp3) is 0.257. The molecule has 3 aromatic carbocycles. The summed E-state index contributed by atoms with van der Waals surface area (Å²) in [6, 6.07) is 23.3. The predicted molar refractivity (Wildman–Crippen MR) is 154 cm³/mol. The smallest absolute Gasteiger partial charge is 0.231 e. The minimum Gasteiger partial charge on any atom is -0.508 e. The standard InChI is InChI=1S/C35H29NO6/c1-42-21-12-15-28(37)26(16-21)31-22-13-14-23-30(34(41)36-33(23)40)25(22)17-27-32(39)24(19-8-4-2-5-9-19)18-29(38)35(27,31)20-10-6-3-7-11-20/h2-13,15-16,18,23,25,27,30-31,37H,14,17H2,1H3,(H,36,40,41)/t23-,25+,27-,30-,31+,35-/m0/s1. The number of imide groups is 1. The van der Waals surface area contributed by atoms with Crippen molar-refractivity contribution in [2.45, 2.75) is 24.2 Å². The summed E-state index contributed by atoms with van der Waals surface area (Å²) in [5.41, 5.74) is 1.49. The minimum atomic E-state index is -1.39. The van der Waals surface area contributed by atoms with E-state index in [1.54, 1.807) is 12.1 Å². The molecule has 2 amide bonds. The number of benzene rings is 3. The summed E-state index contributed by atoms with van der Waals surface area (Å²) in [4.78, 5) is 55.5. The number of phenols is 1. The first-order valence-corrected chi connectivity index (χ1v) is 14.2. The number of carbonyl (C=O) groups excluding carboxylic acids is 4. The molecule has 1 aliphatic heterocycles. The van der Waals surface area contributed by atoms with Gasteiger partial charge < -0.3 is 9.84 Å². The number of ketones is 2. The first-order valence-electron chi connectivity index (χ1n) is 14.2. The van der Waals surface area contributed by atoms with Crippen LogP contribution >= 0.6 is 0 Å². The molecule has 7 heteroatoms. The first-order chi connectivity index (χ1) is 20.4. The van der Waals surface area contributed by atoms with E-state index in [0.717, 1.165) is 5.57 Å². The number of fused-ring (bicyclic) bond motifs is 4. The molecule has 2 N–H and O–H groups in total. The number of aromatic hydroxyl groups is 1. The van der Waals surface area contributed by atoms with Gasteiger partial charge in [-0.25, -0.2) is 0 Å². The van der Waals surface area contributed by atoms with Crippen LogP contribution in [0.1, 0.15) is 35.4 Å². The van der Waals surface area contributed by atoms with Gasteiger partial charge in [-0.3, -0.25) is 24.5 Å². The Morgan fingerprint density at radius 3 is 2.31 bits per heavy atom. The maximum Gasteiger partial charge on any atom is 0.231 e. The van der Waals surface area contributed by atoms with Crippen LogP contribution in [0.2, 0.25) is 0 Å². The first kappa shape index (κ1) is 26.1. The summed E-state index contributed by atoms with van der Waals surface area (Å²) >= 11 is 0. The fourth-order valence-corrected chi connectivity index (χ4v) is 8.02. The number of Topliss-reactive ketones (excluding diaryl/α,β-unsaturated/α-hetero) is 1. The van der Waals surface area contributed by atoms with Crippen LogP contribution in [0, 0.1) is 23.7 Å². The van der Waals surface area contributed by atoms with Gasteiger partial charge in [0.15, 0.2) is 11.6 Å². The van der Waals surface area contributed by atoms with Crippen LogP contribution in [0.15, 0.2) is 96.6 Å². The Morgan fingerprint density at radius 2 is 1.60 bits per heavy atom. The number of phenolic OH excluding ortho intramolecular Hbond substituents is 1. The van der Waals surface area contributed by atoms with Crippen LogP contribution in [0.3, 0.4) is 0 Å². The molecule has 3 aliphatic carbocycles. The monoisotopic (exact) mass is 559 g/mol. The lowest BCUT2D eigenvalue weighted by Crippen LogP contribution is -2.58. The zero-order chi connectivity index (χ0) is 29.2. The highest BCUT2D eigenvalue weighted by atomic mass is 16.5. The van der Waals surface area contributed by atoms with Crippen LogP contribution in [0.4, 0.5) is 0 Å². The van der Waals surface area contributed by atoms with Gasteiger partial charge in [-0.15, -0.1) is 0 Å². The molecule has 4 aliphatic rings. The highest BCUT2D eigenvalue weighted by Crippen LogP contribution is 2.64. The molecule has 0 spiro atoms. The van der Waals surface area contributed by atoms with Crippen molar-refractivity contribution in [3.63, 3.8) is 0 Å². The molecule has 7 nitrogen and oxygen atoms in total. The van der Waals surface area contributed by atoms with Crippen molar-refractivity contribution in [3.05, 3.63) is 113 Å². The van der Waals surface area contributed by atoms with E-state index in [1.165, 1.54) is 19.3 Å². The third kappa shape index (κ3) is 3.59. The van der Waals surface area contributed by atoms with Crippen molar-refractivity contribution < 1.29 is 29.0 Å². The van der Waals surface area contributed by atoms with Crippen LogP contribution in [-0.2, 0) is 24.6 Å². The maximum absolute atomic E-state index is 14.8. The Balaban J connectivity index is 1.55. The Hall–Kier alpha value is -4.78. The third-order valence-electron chi connectivity index (χ3n) is 9.76. The van der Waals surface area contributed by atoms with Gasteiger partial charge >= 0.3 is 0 Å². The van der Waals surface area contributed by atoms with Crippen molar-refractivity contribution in [1.82, 2.24) is 5.32 Å². The SMILES string of the molecule is COc1ccc(O)c([C@H]2C3=CC[C@@H]4C(=O)NC(=O)[C@@H]4[C@@H]3C[C@H]3C(=O)C(c4ccccc4)=CC(=O)[C@@]23c2ccccc2)c1. The average molecular weight is 560 g/mol. The number of hydrogen-bond acceptors (Lipinski definition) is 6. The second kappa shape index (κ2) is 9.65. The van der Waals surface area contributed by atoms with Crippen molar-refractivity contribution in [3.8, 4) is 11.5 Å².